The second-order valence-electron chi connectivity index (χ2n) is 5.09. The van der Waals surface area contributed by atoms with Gasteiger partial charge in [0, 0.05) is 29.3 Å². The Kier molecular flexibility index (Phi) is 5.04. The van der Waals surface area contributed by atoms with Crippen molar-refractivity contribution in [3.8, 4) is 5.75 Å². The molecule has 6 nitrogen and oxygen atoms in total. The van der Waals surface area contributed by atoms with Gasteiger partial charge in [-0.3, -0.25) is 0 Å². The number of carbonyl (C=O) groups is 1. The van der Waals surface area contributed by atoms with E-state index in [2.05, 4.69) is 4.98 Å². The number of nitrogens with zero attached hydrogens (tertiary/aromatic N) is 1. The molecule has 2 aromatic heterocycles. The lowest BCUT2D eigenvalue weighted by Gasteiger charge is -2.09. The monoisotopic (exact) mass is 357 g/mol. The number of hydrogen-bond acceptors (Lipinski definition) is 7. The van der Waals surface area contributed by atoms with Gasteiger partial charge >= 0.3 is 11.6 Å². The zero-order valence-corrected chi connectivity index (χ0v) is 14.5. The predicted molar refractivity (Wildman–Crippen MR) is 94.2 cm³/mol. The minimum Gasteiger partial charge on any atom is -0.497 e. The molecule has 0 spiro atoms. The summed E-state index contributed by atoms with van der Waals surface area (Å²) in [4.78, 5) is 28.2. The molecule has 0 aliphatic heterocycles. The SMILES string of the molecule is COc1ccc2c(COC(=O)c3cccnc3SC)cc(=O)oc2c1. The molecule has 0 atom stereocenters. The van der Waals surface area contributed by atoms with Crippen molar-refractivity contribution < 1.29 is 18.7 Å². The Balaban J connectivity index is 1.88. The second kappa shape index (κ2) is 7.40. The third-order valence-corrected chi connectivity index (χ3v) is 4.29. The largest absolute Gasteiger partial charge is 0.497 e. The number of carbonyl (C=O) groups excluding carboxylic acids is 1. The summed E-state index contributed by atoms with van der Waals surface area (Å²) in [7, 11) is 1.53. The molecular weight excluding hydrogens is 342 g/mol. The van der Waals surface area contributed by atoms with Crippen molar-refractivity contribution in [2.75, 3.05) is 13.4 Å². The average Bonchev–Trinajstić information content (AvgIpc) is 2.65. The molecule has 0 saturated heterocycles. The highest BCUT2D eigenvalue weighted by atomic mass is 32.2. The molecule has 0 amide bonds. The number of hydrogen-bond donors (Lipinski definition) is 0. The lowest BCUT2D eigenvalue weighted by Crippen LogP contribution is -2.09. The van der Waals surface area contributed by atoms with Gasteiger partial charge in [-0.15, -0.1) is 11.8 Å². The maximum Gasteiger partial charge on any atom is 0.341 e. The molecule has 7 heteroatoms. The lowest BCUT2D eigenvalue weighted by atomic mass is 10.1. The van der Waals surface area contributed by atoms with Crippen LogP contribution in [0.1, 0.15) is 15.9 Å². The van der Waals surface area contributed by atoms with Crippen molar-refractivity contribution in [1.82, 2.24) is 4.98 Å². The highest BCUT2D eigenvalue weighted by Crippen LogP contribution is 2.24. The van der Waals surface area contributed by atoms with E-state index in [1.807, 2.05) is 6.26 Å². The fraction of sp³-hybridized carbons (Fsp3) is 0.167. The molecule has 3 rings (SSSR count). The molecule has 0 bridgehead atoms. The van der Waals surface area contributed by atoms with Gasteiger partial charge in [0.15, 0.2) is 0 Å². The van der Waals surface area contributed by atoms with Crippen LogP contribution < -0.4 is 10.4 Å². The number of rotatable bonds is 5. The van der Waals surface area contributed by atoms with E-state index in [0.29, 0.717) is 32.9 Å². The van der Waals surface area contributed by atoms with E-state index in [1.54, 1.807) is 36.5 Å². The van der Waals surface area contributed by atoms with Gasteiger partial charge in [-0.2, -0.15) is 0 Å². The topological polar surface area (TPSA) is 78.6 Å². The third kappa shape index (κ3) is 3.66. The molecule has 128 valence electrons. The number of methoxy groups -OCH3 is 1. The Morgan fingerprint density at radius 1 is 1.28 bits per heavy atom. The van der Waals surface area contributed by atoms with Crippen LogP contribution in [-0.4, -0.2) is 24.3 Å². The zero-order chi connectivity index (χ0) is 17.8. The molecule has 0 saturated carbocycles. The summed E-state index contributed by atoms with van der Waals surface area (Å²) < 4.78 is 15.7. The van der Waals surface area contributed by atoms with Gasteiger partial charge in [0.05, 0.1) is 12.7 Å². The first kappa shape index (κ1) is 17.0. The molecule has 25 heavy (non-hydrogen) atoms. The molecule has 1 aromatic carbocycles. The molecule has 0 aliphatic rings. The van der Waals surface area contributed by atoms with Crippen molar-refractivity contribution in [3.63, 3.8) is 0 Å². The summed E-state index contributed by atoms with van der Waals surface area (Å²) >= 11 is 1.36. The van der Waals surface area contributed by atoms with Gasteiger partial charge in [0.1, 0.15) is 23.0 Å². The van der Waals surface area contributed by atoms with Crippen molar-refractivity contribution in [2.45, 2.75) is 11.6 Å². The summed E-state index contributed by atoms with van der Waals surface area (Å²) in [6.45, 7) is -0.0457. The summed E-state index contributed by atoms with van der Waals surface area (Å²) in [5, 5.41) is 1.28. The van der Waals surface area contributed by atoms with Crippen LogP contribution in [0, 0.1) is 0 Å². The number of pyridine rings is 1. The number of ether oxygens (including phenoxy) is 2. The highest BCUT2D eigenvalue weighted by Gasteiger charge is 2.15. The number of aromatic nitrogens is 1. The Bertz CT molecular complexity index is 983. The van der Waals surface area contributed by atoms with Gasteiger partial charge < -0.3 is 13.9 Å². The Morgan fingerprint density at radius 3 is 2.88 bits per heavy atom. The predicted octanol–water partition coefficient (Wildman–Crippen LogP) is 3.28. The number of esters is 1. The standard InChI is InChI=1S/C18H15NO5S/c1-22-12-5-6-13-11(8-16(20)24-15(13)9-12)10-23-18(21)14-4-3-7-19-17(14)25-2/h3-9H,10H2,1-2H3. The molecule has 0 unspecified atom stereocenters. The van der Waals surface area contributed by atoms with Gasteiger partial charge in [-0.1, -0.05) is 0 Å². The fourth-order valence-corrected chi connectivity index (χ4v) is 2.92. The maximum absolute atomic E-state index is 12.3. The summed E-state index contributed by atoms with van der Waals surface area (Å²) in [5.74, 6) is 0.0807. The molecular formula is C18H15NO5S. The van der Waals surface area contributed by atoms with Gasteiger partial charge in [0.2, 0.25) is 0 Å². The van der Waals surface area contributed by atoms with E-state index in [4.69, 9.17) is 13.9 Å². The van der Waals surface area contributed by atoms with Crippen LogP contribution >= 0.6 is 11.8 Å². The van der Waals surface area contributed by atoms with Crippen LogP contribution in [0.3, 0.4) is 0 Å². The van der Waals surface area contributed by atoms with Crippen molar-refractivity contribution >= 4 is 28.7 Å². The maximum atomic E-state index is 12.3. The highest BCUT2D eigenvalue weighted by molar-refractivity contribution is 7.98. The molecule has 3 aromatic rings. The Labute approximate surface area is 147 Å². The molecule has 0 radical (unpaired) electrons. The van der Waals surface area contributed by atoms with Crippen molar-refractivity contribution in [2.24, 2.45) is 0 Å². The lowest BCUT2D eigenvalue weighted by molar-refractivity contribution is 0.0468. The normalized spacial score (nSPS) is 10.6. The van der Waals surface area contributed by atoms with E-state index < -0.39 is 11.6 Å². The minimum absolute atomic E-state index is 0.0457. The van der Waals surface area contributed by atoms with Crippen LogP contribution in [0.15, 0.2) is 56.8 Å². The summed E-state index contributed by atoms with van der Waals surface area (Å²) in [5.41, 5.74) is 0.822. The van der Waals surface area contributed by atoms with Gasteiger partial charge in [-0.25, -0.2) is 14.6 Å². The van der Waals surface area contributed by atoms with Crippen molar-refractivity contribution in [3.05, 3.63) is 64.1 Å². The quantitative estimate of drug-likeness (QED) is 0.394. The van der Waals surface area contributed by atoms with E-state index in [-0.39, 0.29) is 6.61 Å². The number of benzene rings is 1. The van der Waals surface area contributed by atoms with Crippen LogP contribution in [0.2, 0.25) is 0 Å². The summed E-state index contributed by atoms with van der Waals surface area (Å²) in [6, 6.07) is 9.78. The first-order chi connectivity index (χ1) is 12.1. The van der Waals surface area contributed by atoms with Gasteiger partial charge in [0.25, 0.3) is 0 Å². The third-order valence-electron chi connectivity index (χ3n) is 3.58. The Morgan fingerprint density at radius 2 is 2.12 bits per heavy atom. The molecule has 0 N–H and O–H groups in total. The first-order valence-corrected chi connectivity index (χ1v) is 8.61. The molecule has 0 fully saturated rings. The van der Waals surface area contributed by atoms with Crippen LogP contribution in [0.4, 0.5) is 0 Å². The van der Waals surface area contributed by atoms with E-state index >= 15 is 0 Å². The van der Waals surface area contributed by atoms with E-state index in [0.717, 1.165) is 0 Å². The van der Waals surface area contributed by atoms with Crippen LogP contribution in [0.5, 0.6) is 5.75 Å². The average molecular weight is 357 g/mol. The van der Waals surface area contributed by atoms with E-state index in [1.165, 1.54) is 24.9 Å². The fourth-order valence-electron chi connectivity index (χ4n) is 2.39. The second-order valence-corrected chi connectivity index (χ2v) is 5.88. The first-order valence-electron chi connectivity index (χ1n) is 7.39. The molecule has 2 heterocycles. The van der Waals surface area contributed by atoms with Crippen LogP contribution in [0.25, 0.3) is 11.0 Å². The van der Waals surface area contributed by atoms with Crippen LogP contribution in [-0.2, 0) is 11.3 Å². The minimum atomic E-state index is -0.516. The smallest absolute Gasteiger partial charge is 0.341 e. The molecule has 0 aliphatic carbocycles. The van der Waals surface area contributed by atoms with Crippen molar-refractivity contribution in [1.29, 1.82) is 0 Å². The number of fused-ring (bicyclic) bond motifs is 1. The van der Waals surface area contributed by atoms with E-state index in [9.17, 15) is 9.59 Å². The van der Waals surface area contributed by atoms with Gasteiger partial charge in [-0.05, 0) is 30.5 Å². The zero-order valence-electron chi connectivity index (χ0n) is 13.6. The Hall–Kier alpha value is -2.80. The summed E-state index contributed by atoms with van der Waals surface area (Å²) in [6.07, 6.45) is 3.45. The number of thioether (sulfide) groups is 1.